The summed E-state index contributed by atoms with van der Waals surface area (Å²) in [4.78, 5) is 3.70. The molecule has 3 heteroatoms. The summed E-state index contributed by atoms with van der Waals surface area (Å²) >= 11 is 7.80. The number of thiocarbonyl (C=S) groups is 1. The molecule has 98 valence electrons. The number of thioether (sulfide) groups is 1. The van der Waals surface area contributed by atoms with Gasteiger partial charge in [-0.3, -0.25) is 0 Å². The normalized spacial score (nSPS) is 41.8. The van der Waals surface area contributed by atoms with E-state index in [1.807, 2.05) is 0 Å². The first-order valence-corrected chi connectivity index (χ1v) is 7.64. The Morgan fingerprint density at radius 3 is 1.82 bits per heavy atom. The van der Waals surface area contributed by atoms with E-state index < -0.39 is 0 Å². The van der Waals surface area contributed by atoms with Crippen LogP contribution in [0.5, 0.6) is 0 Å². The molecule has 2 heterocycles. The smallest absolute Gasteiger partial charge is 0.0965 e. The van der Waals surface area contributed by atoms with Crippen molar-refractivity contribution in [1.82, 2.24) is 4.90 Å². The predicted octanol–water partition coefficient (Wildman–Crippen LogP) is 4.17. The van der Waals surface area contributed by atoms with Crippen molar-refractivity contribution in [2.24, 2.45) is 16.7 Å². The zero-order chi connectivity index (χ0) is 13.4. The molecule has 2 fully saturated rings. The highest BCUT2D eigenvalue weighted by Gasteiger charge is 2.75. The zero-order valence-corrected chi connectivity index (χ0v) is 14.0. The average Bonchev–Trinajstić information content (AvgIpc) is 2.32. The molecule has 2 atom stereocenters. The summed E-state index contributed by atoms with van der Waals surface area (Å²) in [5, 5.41) is 0. The minimum Gasteiger partial charge on any atom is -0.353 e. The van der Waals surface area contributed by atoms with Gasteiger partial charge in [-0.15, -0.1) is 11.8 Å². The Morgan fingerprint density at radius 1 is 1.12 bits per heavy atom. The van der Waals surface area contributed by atoms with E-state index in [1.54, 1.807) is 0 Å². The summed E-state index contributed by atoms with van der Waals surface area (Å²) in [5.74, 6) is 0.584. The fraction of sp³-hybridized carbons (Fsp3) is 0.929. The maximum atomic E-state index is 5.69. The van der Waals surface area contributed by atoms with E-state index in [1.165, 1.54) is 0 Å². The van der Waals surface area contributed by atoms with Gasteiger partial charge in [0.15, 0.2) is 0 Å². The summed E-state index contributed by atoms with van der Waals surface area (Å²) in [6.07, 6.45) is 0. The van der Waals surface area contributed by atoms with Crippen LogP contribution in [-0.2, 0) is 0 Å². The monoisotopic (exact) mass is 271 g/mol. The molecule has 0 aliphatic carbocycles. The van der Waals surface area contributed by atoms with Crippen LogP contribution in [-0.4, -0.2) is 26.6 Å². The summed E-state index contributed by atoms with van der Waals surface area (Å²) in [5.41, 5.74) is 0.404. The van der Waals surface area contributed by atoms with Crippen molar-refractivity contribution in [3.63, 3.8) is 0 Å². The third kappa shape index (κ3) is 1.21. The van der Waals surface area contributed by atoms with Crippen molar-refractivity contribution in [3.8, 4) is 0 Å². The van der Waals surface area contributed by atoms with Crippen molar-refractivity contribution in [2.45, 2.75) is 58.1 Å². The minimum atomic E-state index is 0.130. The number of nitrogens with zero attached hydrogens (tertiary/aromatic N) is 1. The van der Waals surface area contributed by atoms with E-state index in [0.717, 1.165) is 4.99 Å². The Labute approximate surface area is 116 Å². The third-order valence-electron chi connectivity index (χ3n) is 5.84. The highest BCUT2D eigenvalue weighted by Crippen LogP contribution is 2.75. The Kier molecular flexibility index (Phi) is 2.59. The minimum absolute atomic E-state index is 0.130. The Morgan fingerprint density at radius 2 is 1.59 bits per heavy atom. The molecule has 0 bridgehead atoms. The molecule has 0 amide bonds. The molecule has 0 radical (unpaired) electrons. The lowest BCUT2D eigenvalue weighted by Gasteiger charge is -2.69. The van der Waals surface area contributed by atoms with Crippen molar-refractivity contribution >= 4 is 29.0 Å². The van der Waals surface area contributed by atoms with Crippen LogP contribution in [0.25, 0.3) is 0 Å². The van der Waals surface area contributed by atoms with Crippen LogP contribution in [0.15, 0.2) is 0 Å². The molecular weight excluding hydrogens is 246 g/mol. The molecule has 2 aliphatic heterocycles. The van der Waals surface area contributed by atoms with Crippen LogP contribution in [0, 0.1) is 16.7 Å². The quantitative estimate of drug-likeness (QED) is 0.609. The zero-order valence-electron chi connectivity index (χ0n) is 12.3. The standard InChI is InChI=1S/C14H25NS2/c1-9-11(2,3)10(16)15(8)14(9)12(4,5)13(6,7)17-14/h9H,1-8H3. The Balaban J connectivity index is 2.53. The molecule has 0 N–H and O–H groups in total. The second-order valence-corrected chi connectivity index (χ2v) is 9.48. The van der Waals surface area contributed by atoms with Gasteiger partial charge in [0.05, 0.1) is 9.86 Å². The van der Waals surface area contributed by atoms with E-state index in [9.17, 15) is 0 Å². The molecule has 1 nitrogen and oxygen atoms in total. The van der Waals surface area contributed by atoms with Crippen molar-refractivity contribution in [2.75, 3.05) is 7.05 Å². The molecule has 2 unspecified atom stereocenters. The van der Waals surface area contributed by atoms with E-state index in [2.05, 4.69) is 72.2 Å². The van der Waals surface area contributed by atoms with Gasteiger partial charge in [-0.05, 0) is 13.8 Å². The lowest BCUT2D eigenvalue weighted by atomic mass is 9.64. The molecule has 2 saturated heterocycles. The molecule has 0 aromatic rings. The van der Waals surface area contributed by atoms with Gasteiger partial charge >= 0.3 is 0 Å². The highest BCUT2D eigenvalue weighted by molar-refractivity contribution is 8.03. The molecule has 0 aromatic heterocycles. The van der Waals surface area contributed by atoms with Gasteiger partial charge in [-0.25, -0.2) is 0 Å². The van der Waals surface area contributed by atoms with Gasteiger partial charge in [0, 0.05) is 28.5 Å². The van der Waals surface area contributed by atoms with Crippen molar-refractivity contribution < 1.29 is 0 Å². The maximum absolute atomic E-state index is 5.69. The van der Waals surface area contributed by atoms with Crippen LogP contribution < -0.4 is 0 Å². The van der Waals surface area contributed by atoms with E-state index in [-0.39, 0.29) is 15.7 Å². The predicted molar refractivity (Wildman–Crippen MR) is 81.5 cm³/mol. The first-order valence-electron chi connectivity index (χ1n) is 6.41. The molecule has 1 spiro atoms. The lowest BCUT2D eigenvalue weighted by molar-refractivity contribution is 0.0298. The van der Waals surface area contributed by atoms with Gasteiger partial charge in [0.25, 0.3) is 0 Å². The molecule has 2 rings (SSSR count). The van der Waals surface area contributed by atoms with Crippen LogP contribution in [0.1, 0.15) is 48.5 Å². The summed E-state index contributed by atoms with van der Waals surface area (Å²) in [6.45, 7) is 16.5. The summed E-state index contributed by atoms with van der Waals surface area (Å²) in [6, 6.07) is 0. The number of hydrogen-bond donors (Lipinski definition) is 0. The number of likely N-dealkylation sites (tertiary alicyclic amines) is 1. The largest absolute Gasteiger partial charge is 0.353 e. The maximum Gasteiger partial charge on any atom is 0.0965 e. The van der Waals surface area contributed by atoms with Crippen LogP contribution in [0.2, 0.25) is 0 Å². The van der Waals surface area contributed by atoms with E-state index in [0.29, 0.717) is 10.7 Å². The summed E-state index contributed by atoms with van der Waals surface area (Å²) < 4.78 is 0.325. The van der Waals surface area contributed by atoms with Crippen LogP contribution in [0.4, 0.5) is 0 Å². The van der Waals surface area contributed by atoms with Crippen LogP contribution in [0.3, 0.4) is 0 Å². The third-order valence-corrected chi connectivity index (χ3v) is 9.10. The van der Waals surface area contributed by atoms with Crippen LogP contribution >= 0.6 is 24.0 Å². The molecule has 0 aromatic carbocycles. The molecule has 0 saturated carbocycles. The fourth-order valence-corrected chi connectivity index (χ4v) is 6.32. The van der Waals surface area contributed by atoms with E-state index >= 15 is 0 Å². The fourth-order valence-electron chi connectivity index (χ4n) is 3.69. The van der Waals surface area contributed by atoms with Gasteiger partial charge in [0.1, 0.15) is 0 Å². The van der Waals surface area contributed by atoms with Crippen molar-refractivity contribution in [1.29, 1.82) is 0 Å². The van der Waals surface area contributed by atoms with Gasteiger partial charge < -0.3 is 4.90 Å². The topological polar surface area (TPSA) is 3.24 Å². The highest BCUT2D eigenvalue weighted by atomic mass is 32.2. The second kappa shape index (κ2) is 3.22. The Bertz CT molecular complexity index is 384. The molecule has 17 heavy (non-hydrogen) atoms. The second-order valence-electron chi connectivity index (χ2n) is 7.24. The molecular formula is C14H25NS2. The Hall–Kier alpha value is 0.240. The average molecular weight is 271 g/mol. The van der Waals surface area contributed by atoms with Gasteiger partial charge in [-0.2, -0.15) is 0 Å². The van der Waals surface area contributed by atoms with Gasteiger partial charge in [0.2, 0.25) is 0 Å². The van der Waals surface area contributed by atoms with Gasteiger partial charge in [-0.1, -0.05) is 46.8 Å². The number of hydrogen-bond acceptors (Lipinski definition) is 2. The molecule has 2 aliphatic rings. The lowest BCUT2D eigenvalue weighted by Crippen LogP contribution is -2.71. The SMILES string of the molecule is CC1C(C)(C)C(=S)N(C)C12SC(C)(C)C2(C)C. The van der Waals surface area contributed by atoms with E-state index in [4.69, 9.17) is 12.2 Å². The summed E-state index contributed by atoms with van der Waals surface area (Å²) in [7, 11) is 2.19. The van der Waals surface area contributed by atoms with Crippen molar-refractivity contribution in [3.05, 3.63) is 0 Å². The first kappa shape index (κ1) is 13.7. The first-order chi connectivity index (χ1) is 7.43. The number of rotatable bonds is 0.